The molecular formula is C26H33N9O4. The van der Waals surface area contributed by atoms with Gasteiger partial charge in [0, 0.05) is 30.8 Å². The summed E-state index contributed by atoms with van der Waals surface area (Å²) in [6, 6.07) is 5.38. The number of carbonyl (C=O) groups excluding carboxylic acids is 3. The summed E-state index contributed by atoms with van der Waals surface area (Å²) in [5.41, 5.74) is 1.68. The molecule has 1 aliphatic heterocycles. The first kappa shape index (κ1) is 26.5. The average Bonchev–Trinajstić information content (AvgIpc) is 3.25. The molecule has 2 fully saturated rings. The van der Waals surface area contributed by atoms with Crippen LogP contribution in [-0.2, 0) is 14.4 Å². The van der Waals surface area contributed by atoms with Gasteiger partial charge < -0.3 is 20.6 Å². The number of aliphatic hydroxyl groups is 1. The molecule has 39 heavy (non-hydrogen) atoms. The monoisotopic (exact) mass is 535 g/mol. The molecule has 3 amide bonds. The fourth-order valence-corrected chi connectivity index (χ4v) is 4.86. The maximum atomic E-state index is 13.8. The zero-order valence-electron chi connectivity index (χ0n) is 22.2. The molecule has 3 aromatic rings. The Bertz CT molecular complexity index is 1330. The van der Waals surface area contributed by atoms with Crippen LogP contribution in [0.1, 0.15) is 57.7 Å². The van der Waals surface area contributed by atoms with Gasteiger partial charge in [0.05, 0.1) is 24.0 Å². The first-order valence-corrected chi connectivity index (χ1v) is 13.0. The lowest BCUT2D eigenvalue weighted by atomic mass is 9.85. The maximum Gasteiger partial charge on any atom is 0.248 e. The summed E-state index contributed by atoms with van der Waals surface area (Å²) in [6.07, 6.45) is 6.18. The van der Waals surface area contributed by atoms with Crippen molar-refractivity contribution in [1.29, 1.82) is 0 Å². The molecule has 5 rings (SSSR count). The number of amides is 3. The first-order chi connectivity index (χ1) is 18.6. The second kappa shape index (κ2) is 10.6. The Kier molecular flexibility index (Phi) is 7.17. The summed E-state index contributed by atoms with van der Waals surface area (Å²) in [4.78, 5) is 44.7. The molecule has 2 aromatic heterocycles. The van der Waals surface area contributed by atoms with Gasteiger partial charge in [-0.05, 0) is 42.5 Å². The number of hydrogen-bond donors (Lipinski definition) is 3. The van der Waals surface area contributed by atoms with Crippen molar-refractivity contribution in [2.45, 2.75) is 64.1 Å². The predicted molar refractivity (Wildman–Crippen MR) is 140 cm³/mol. The molecule has 1 aromatic carbocycles. The lowest BCUT2D eigenvalue weighted by Gasteiger charge is -2.34. The van der Waals surface area contributed by atoms with Crippen molar-refractivity contribution in [3.05, 3.63) is 48.8 Å². The fourth-order valence-electron chi connectivity index (χ4n) is 4.86. The Balaban J connectivity index is 1.21. The van der Waals surface area contributed by atoms with Crippen molar-refractivity contribution >= 4 is 23.4 Å². The molecule has 3 atom stereocenters. The third-order valence-electron chi connectivity index (χ3n) is 6.96. The Labute approximate surface area is 225 Å². The molecule has 2 unspecified atom stereocenters. The van der Waals surface area contributed by atoms with E-state index in [0.717, 1.165) is 24.2 Å². The van der Waals surface area contributed by atoms with Gasteiger partial charge in [0.15, 0.2) is 0 Å². The van der Waals surface area contributed by atoms with Crippen molar-refractivity contribution < 1.29 is 19.5 Å². The summed E-state index contributed by atoms with van der Waals surface area (Å²) in [6.45, 7) is 5.53. The first-order valence-electron chi connectivity index (χ1n) is 13.0. The third kappa shape index (κ3) is 5.98. The maximum absolute atomic E-state index is 13.8. The lowest BCUT2D eigenvalue weighted by Crippen LogP contribution is -2.51. The number of β-amino-alcohol motifs (C(OH)–C–C–N with tert-alkyl or cyclic N) is 1. The van der Waals surface area contributed by atoms with E-state index in [4.69, 9.17) is 0 Å². The van der Waals surface area contributed by atoms with Crippen LogP contribution in [0.3, 0.4) is 0 Å². The van der Waals surface area contributed by atoms with Gasteiger partial charge >= 0.3 is 0 Å². The van der Waals surface area contributed by atoms with E-state index in [9.17, 15) is 19.5 Å². The fraction of sp³-hybridized carbons (Fsp3) is 0.500. The highest BCUT2D eigenvalue weighted by Gasteiger charge is 2.45. The van der Waals surface area contributed by atoms with E-state index < -0.39 is 35.4 Å². The van der Waals surface area contributed by atoms with Crippen LogP contribution in [0, 0.1) is 5.41 Å². The molecule has 1 aliphatic carbocycles. The number of nitrogens with one attached hydrogen (secondary N) is 2. The SMILES string of the molecule is CC(C)(C)[C@@H](C(=O)N1CC(O)CC1C(=O)NCC(=O)Nc1ccc(-n2cncn2)cc1)n1cc(C2CC2)nn1. The summed E-state index contributed by atoms with van der Waals surface area (Å²) in [7, 11) is 0. The van der Waals surface area contributed by atoms with E-state index in [0.29, 0.717) is 11.6 Å². The van der Waals surface area contributed by atoms with Crippen LogP contribution >= 0.6 is 0 Å². The summed E-state index contributed by atoms with van der Waals surface area (Å²) >= 11 is 0. The Morgan fingerprint density at radius 2 is 1.90 bits per heavy atom. The van der Waals surface area contributed by atoms with E-state index in [1.54, 1.807) is 40.0 Å². The van der Waals surface area contributed by atoms with Gasteiger partial charge in [0.25, 0.3) is 0 Å². The number of benzene rings is 1. The van der Waals surface area contributed by atoms with E-state index in [2.05, 4.69) is 31.0 Å². The summed E-state index contributed by atoms with van der Waals surface area (Å²) in [5, 5.41) is 28.3. The minimum Gasteiger partial charge on any atom is -0.391 e. The molecule has 0 radical (unpaired) electrons. The van der Waals surface area contributed by atoms with Crippen molar-refractivity contribution in [2.75, 3.05) is 18.4 Å². The van der Waals surface area contributed by atoms with Crippen LogP contribution in [0.5, 0.6) is 0 Å². The Hall–Kier alpha value is -4.13. The minimum absolute atomic E-state index is 0.0258. The van der Waals surface area contributed by atoms with E-state index in [1.807, 2.05) is 27.0 Å². The van der Waals surface area contributed by atoms with Crippen LogP contribution < -0.4 is 10.6 Å². The standard InChI is InChI=1S/C26H33N9O4/c1-26(2,3)23(34-13-20(31-32-34)16-4-5-16)25(39)33-12-19(36)10-21(33)24(38)28-11-22(37)30-17-6-8-18(9-7-17)35-15-27-14-29-35/h6-9,13-16,19,21,23,36H,4-5,10-12H2,1-3H3,(H,28,38)(H,30,37)/t19?,21?,23-/m1/s1. The number of likely N-dealkylation sites (tertiary alicyclic amines) is 1. The number of hydrogen-bond acceptors (Lipinski definition) is 8. The van der Waals surface area contributed by atoms with Gasteiger partial charge in [-0.1, -0.05) is 26.0 Å². The summed E-state index contributed by atoms with van der Waals surface area (Å²) < 4.78 is 3.17. The quantitative estimate of drug-likeness (QED) is 0.386. The number of aliphatic hydroxyl groups excluding tert-OH is 1. The molecule has 0 bridgehead atoms. The van der Waals surface area contributed by atoms with Gasteiger partial charge in [0.1, 0.15) is 24.7 Å². The zero-order valence-corrected chi connectivity index (χ0v) is 22.2. The number of carbonyl (C=O) groups is 3. The molecule has 1 saturated carbocycles. The van der Waals surface area contributed by atoms with Crippen LogP contribution in [0.4, 0.5) is 5.69 Å². The molecule has 206 valence electrons. The number of rotatable bonds is 8. The lowest BCUT2D eigenvalue weighted by molar-refractivity contribution is -0.144. The number of anilines is 1. The van der Waals surface area contributed by atoms with Crippen LogP contribution in [-0.4, -0.2) is 82.7 Å². The van der Waals surface area contributed by atoms with Crippen LogP contribution in [0.25, 0.3) is 5.69 Å². The third-order valence-corrected chi connectivity index (χ3v) is 6.96. The van der Waals surface area contributed by atoms with Crippen molar-refractivity contribution in [3.63, 3.8) is 0 Å². The highest BCUT2D eigenvalue weighted by atomic mass is 16.3. The van der Waals surface area contributed by atoms with E-state index in [1.165, 1.54) is 11.2 Å². The van der Waals surface area contributed by atoms with Crippen molar-refractivity contribution in [1.82, 2.24) is 40.0 Å². The van der Waals surface area contributed by atoms with Gasteiger partial charge in [-0.25, -0.2) is 14.3 Å². The predicted octanol–water partition coefficient (Wildman–Crippen LogP) is 1.04. The van der Waals surface area contributed by atoms with Gasteiger partial charge in [-0.2, -0.15) is 5.10 Å². The molecule has 1 saturated heterocycles. The average molecular weight is 536 g/mol. The van der Waals surface area contributed by atoms with Gasteiger partial charge in [0.2, 0.25) is 17.7 Å². The summed E-state index contributed by atoms with van der Waals surface area (Å²) in [5.74, 6) is -0.847. The molecule has 0 spiro atoms. The Morgan fingerprint density at radius 1 is 1.15 bits per heavy atom. The van der Waals surface area contributed by atoms with E-state index >= 15 is 0 Å². The zero-order chi connectivity index (χ0) is 27.7. The molecule has 2 aliphatic rings. The highest BCUT2D eigenvalue weighted by molar-refractivity contribution is 5.96. The molecule has 13 nitrogen and oxygen atoms in total. The Morgan fingerprint density at radius 3 is 2.54 bits per heavy atom. The molecule has 3 N–H and O–H groups in total. The highest BCUT2D eigenvalue weighted by Crippen LogP contribution is 2.40. The largest absolute Gasteiger partial charge is 0.391 e. The molecular weight excluding hydrogens is 502 g/mol. The topological polar surface area (TPSA) is 160 Å². The van der Waals surface area contributed by atoms with E-state index in [-0.39, 0.29) is 25.4 Å². The van der Waals surface area contributed by atoms with Crippen molar-refractivity contribution in [3.8, 4) is 5.69 Å². The number of aromatic nitrogens is 6. The van der Waals surface area contributed by atoms with Gasteiger partial charge in [-0.15, -0.1) is 5.10 Å². The van der Waals surface area contributed by atoms with Crippen LogP contribution in [0.2, 0.25) is 0 Å². The minimum atomic E-state index is -0.904. The second-order valence-corrected chi connectivity index (χ2v) is 11.2. The number of nitrogens with zero attached hydrogens (tertiary/aromatic N) is 7. The normalized spacial score (nSPS) is 20.1. The van der Waals surface area contributed by atoms with Crippen LogP contribution in [0.15, 0.2) is 43.1 Å². The van der Waals surface area contributed by atoms with Crippen molar-refractivity contribution in [2.24, 2.45) is 5.41 Å². The molecule has 3 heterocycles. The smallest absolute Gasteiger partial charge is 0.248 e. The van der Waals surface area contributed by atoms with Gasteiger partial charge in [-0.3, -0.25) is 14.4 Å². The second-order valence-electron chi connectivity index (χ2n) is 11.2. The molecule has 13 heteroatoms.